The second-order valence-electron chi connectivity index (χ2n) is 7.84. The van der Waals surface area contributed by atoms with Crippen LogP contribution in [0, 0.1) is 0 Å². The number of nitrogens with zero attached hydrogens (tertiary/aromatic N) is 2. The van der Waals surface area contributed by atoms with Crippen molar-refractivity contribution in [3.05, 3.63) is 58.1 Å². The fourth-order valence-corrected chi connectivity index (χ4v) is 3.90. The van der Waals surface area contributed by atoms with Crippen molar-refractivity contribution in [1.29, 1.82) is 0 Å². The van der Waals surface area contributed by atoms with Gasteiger partial charge >= 0.3 is 0 Å². The smallest absolute Gasteiger partial charge is 0.271 e. The first kappa shape index (κ1) is 20.2. The van der Waals surface area contributed by atoms with Gasteiger partial charge < -0.3 is 9.64 Å². The third-order valence-corrected chi connectivity index (χ3v) is 5.78. The Bertz CT molecular complexity index is 924. The topological polar surface area (TPSA) is 53.9 Å². The molecule has 1 heterocycles. The van der Waals surface area contributed by atoms with Crippen LogP contribution in [0.3, 0.4) is 0 Å². The van der Waals surface area contributed by atoms with E-state index in [1.807, 2.05) is 6.07 Å². The number of hydrogen-bond acceptors (Lipinski definition) is 4. The van der Waals surface area contributed by atoms with E-state index in [9.17, 15) is 4.79 Å². The summed E-state index contributed by atoms with van der Waals surface area (Å²) in [6.45, 7) is 6.71. The molecule has 0 aliphatic carbocycles. The van der Waals surface area contributed by atoms with E-state index in [4.69, 9.17) is 16.3 Å². The Morgan fingerprint density at radius 2 is 2.11 bits per heavy atom. The lowest BCUT2D eigenvalue weighted by atomic mass is 9.80. The van der Waals surface area contributed by atoms with Crippen LogP contribution in [0.25, 0.3) is 0 Å². The Kier molecular flexibility index (Phi) is 5.66. The quantitative estimate of drug-likeness (QED) is 0.591. The number of amides is 1. The maximum atomic E-state index is 12.3. The molecule has 1 amide bonds. The highest BCUT2D eigenvalue weighted by molar-refractivity contribution is 6.33. The van der Waals surface area contributed by atoms with Crippen LogP contribution in [0.4, 0.5) is 5.69 Å². The second kappa shape index (κ2) is 7.84. The first-order chi connectivity index (χ1) is 13.2. The molecule has 0 bridgehead atoms. The lowest BCUT2D eigenvalue weighted by Crippen LogP contribution is -2.45. The number of fused-ring (bicyclic) bond motifs is 1. The molecule has 0 saturated heterocycles. The standard InChI is InChI=1S/C22H26ClN3O2/c1-14-12-22(2,3)26(4)20-11-19(23)16(10-18(14)20)13-24-25-21(27)15-7-6-8-17(9-15)28-5/h6-11,13-14H,12H2,1-5H3,(H,25,27)/b24-13-/t14-/m0/s1. The zero-order valence-corrected chi connectivity index (χ0v) is 17.7. The summed E-state index contributed by atoms with van der Waals surface area (Å²) in [6, 6.07) is 11.0. The summed E-state index contributed by atoms with van der Waals surface area (Å²) >= 11 is 6.49. The van der Waals surface area contributed by atoms with Gasteiger partial charge in [-0.05, 0) is 62.1 Å². The molecule has 1 N–H and O–H groups in total. The lowest BCUT2D eigenvalue weighted by molar-refractivity contribution is 0.0955. The largest absolute Gasteiger partial charge is 0.497 e. The fourth-order valence-electron chi connectivity index (χ4n) is 3.69. The van der Waals surface area contributed by atoms with E-state index in [1.54, 1.807) is 37.6 Å². The molecule has 0 spiro atoms. The van der Waals surface area contributed by atoms with Gasteiger partial charge in [0, 0.05) is 29.4 Å². The number of carbonyl (C=O) groups excluding carboxylic acids is 1. The van der Waals surface area contributed by atoms with Crippen LogP contribution in [-0.2, 0) is 0 Å². The minimum Gasteiger partial charge on any atom is -0.497 e. The van der Waals surface area contributed by atoms with Crippen molar-refractivity contribution in [1.82, 2.24) is 5.43 Å². The summed E-state index contributed by atoms with van der Waals surface area (Å²) < 4.78 is 5.14. The minimum absolute atomic E-state index is 0.0794. The predicted octanol–water partition coefficient (Wildman–Crippen LogP) is 4.83. The van der Waals surface area contributed by atoms with Crippen molar-refractivity contribution in [3.63, 3.8) is 0 Å². The van der Waals surface area contributed by atoms with Crippen molar-refractivity contribution in [2.24, 2.45) is 5.10 Å². The number of hydrazone groups is 1. The molecule has 1 atom stereocenters. The highest BCUT2D eigenvalue weighted by Crippen LogP contribution is 2.44. The minimum atomic E-state index is -0.306. The number of ether oxygens (including phenoxy) is 1. The van der Waals surface area contributed by atoms with Crippen LogP contribution in [0.5, 0.6) is 5.75 Å². The van der Waals surface area contributed by atoms with Gasteiger partial charge in [0.25, 0.3) is 5.91 Å². The maximum Gasteiger partial charge on any atom is 0.271 e. The molecule has 2 aromatic carbocycles. The highest BCUT2D eigenvalue weighted by atomic mass is 35.5. The van der Waals surface area contributed by atoms with Crippen molar-refractivity contribution in [3.8, 4) is 5.75 Å². The van der Waals surface area contributed by atoms with Gasteiger partial charge in [0.2, 0.25) is 0 Å². The van der Waals surface area contributed by atoms with E-state index < -0.39 is 0 Å². The molecule has 5 nitrogen and oxygen atoms in total. The number of anilines is 1. The predicted molar refractivity (Wildman–Crippen MR) is 115 cm³/mol. The van der Waals surface area contributed by atoms with Crippen LogP contribution in [0.2, 0.25) is 5.02 Å². The highest BCUT2D eigenvalue weighted by Gasteiger charge is 2.34. The fraction of sp³-hybridized carbons (Fsp3) is 0.364. The molecule has 0 unspecified atom stereocenters. The molecule has 6 heteroatoms. The Morgan fingerprint density at radius 3 is 2.82 bits per heavy atom. The number of nitrogens with one attached hydrogen (secondary N) is 1. The average molecular weight is 400 g/mol. The monoisotopic (exact) mass is 399 g/mol. The lowest BCUT2D eigenvalue weighted by Gasteiger charge is -2.45. The number of methoxy groups -OCH3 is 1. The summed E-state index contributed by atoms with van der Waals surface area (Å²) in [5.41, 5.74) is 6.27. The van der Waals surface area contributed by atoms with Crippen molar-refractivity contribution < 1.29 is 9.53 Å². The number of benzene rings is 2. The molecule has 1 aliphatic rings. The molecule has 3 rings (SSSR count). The third kappa shape index (κ3) is 3.99. The Hall–Kier alpha value is -2.53. The Balaban J connectivity index is 1.79. The van der Waals surface area contributed by atoms with Crippen molar-refractivity contribution in [2.45, 2.75) is 38.6 Å². The van der Waals surface area contributed by atoms with Crippen LogP contribution in [-0.4, -0.2) is 31.8 Å². The van der Waals surface area contributed by atoms with E-state index >= 15 is 0 Å². The van der Waals surface area contributed by atoms with Gasteiger partial charge in [-0.15, -0.1) is 0 Å². The Morgan fingerprint density at radius 1 is 1.36 bits per heavy atom. The normalized spacial score (nSPS) is 18.1. The van der Waals surface area contributed by atoms with E-state index in [0.717, 1.165) is 17.7 Å². The van der Waals surface area contributed by atoms with Crippen molar-refractivity contribution in [2.75, 3.05) is 19.1 Å². The SMILES string of the molecule is COc1cccc(C(=O)N/N=C\c2cc3c(cc2Cl)N(C)C(C)(C)C[C@@H]3C)c1. The molecular weight excluding hydrogens is 374 g/mol. The molecule has 0 fully saturated rings. The van der Waals surface area contributed by atoms with Gasteiger partial charge in [-0.3, -0.25) is 4.79 Å². The van der Waals surface area contributed by atoms with E-state index in [2.05, 4.69) is 49.3 Å². The maximum absolute atomic E-state index is 12.3. The molecule has 28 heavy (non-hydrogen) atoms. The van der Waals surface area contributed by atoms with Gasteiger partial charge in [0.15, 0.2) is 0 Å². The van der Waals surface area contributed by atoms with E-state index in [-0.39, 0.29) is 11.4 Å². The summed E-state index contributed by atoms with van der Waals surface area (Å²) in [4.78, 5) is 14.5. The van der Waals surface area contributed by atoms with Crippen molar-refractivity contribution >= 4 is 29.4 Å². The molecule has 2 aromatic rings. The molecule has 0 radical (unpaired) electrons. The van der Waals surface area contributed by atoms with Gasteiger partial charge in [0.1, 0.15) is 5.75 Å². The average Bonchev–Trinajstić information content (AvgIpc) is 2.66. The van der Waals surface area contributed by atoms with Gasteiger partial charge in [-0.1, -0.05) is 24.6 Å². The molecule has 1 aliphatic heterocycles. The summed E-state index contributed by atoms with van der Waals surface area (Å²) in [5.74, 6) is 0.728. The second-order valence-corrected chi connectivity index (χ2v) is 8.25. The Labute approximate surface area is 171 Å². The number of halogens is 1. The number of carbonyl (C=O) groups is 1. The van der Waals surface area contributed by atoms with Gasteiger partial charge in [-0.2, -0.15) is 5.10 Å². The molecular formula is C22H26ClN3O2. The summed E-state index contributed by atoms with van der Waals surface area (Å²) in [5, 5.41) is 4.70. The molecule has 0 saturated carbocycles. The molecule has 0 aromatic heterocycles. The van der Waals surface area contributed by atoms with Gasteiger partial charge in [0.05, 0.1) is 18.3 Å². The first-order valence-corrected chi connectivity index (χ1v) is 9.65. The van der Waals surface area contributed by atoms with Gasteiger partial charge in [-0.25, -0.2) is 5.43 Å². The van der Waals surface area contributed by atoms with Crippen LogP contribution >= 0.6 is 11.6 Å². The summed E-state index contributed by atoms with van der Waals surface area (Å²) in [6.07, 6.45) is 2.65. The van der Waals surface area contributed by atoms with E-state index in [1.165, 1.54) is 5.56 Å². The molecule has 148 valence electrons. The summed E-state index contributed by atoms with van der Waals surface area (Å²) in [7, 11) is 3.66. The van der Waals surface area contributed by atoms with Crippen LogP contribution < -0.4 is 15.1 Å². The van der Waals surface area contributed by atoms with E-state index in [0.29, 0.717) is 22.3 Å². The zero-order chi connectivity index (χ0) is 20.5. The number of rotatable bonds is 4. The first-order valence-electron chi connectivity index (χ1n) is 9.27. The van der Waals surface area contributed by atoms with Crippen LogP contribution in [0.1, 0.15) is 54.6 Å². The number of hydrogen-bond donors (Lipinski definition) is 1. The third-order valence-electron chi connectivity index (χ3n) is 5.45. The zero-order valence-electron chi connectivity index (χ0n) is 16.9. The van der Waals surface area contributed by atoms with Crippen LogP contribution in [0.15, 0.2) is 41.5 Å².